The number of carbonyl (C=O) groups excluding carboxylic acids is 1. The van der Waals surface area contributed by atoms with E-state index in [2.05, 4.69) is 12.1 Å². The fraction of sp³-hybridized carbons (Fsp3) is 0.875. The summed E-state index contributed by atoms with van der Waals surface area (Å²) in [6.45, 7) is 5.18. The van der Waals surface area contributed by atoms with Crippen LogP contribution in [0.15, 0.2) is 5.16 Å². The minimum atomic E-state index is -0.176. The maximum atomic E-state index is 13.2. The number of amides is 1. The average molecular weight is 293 g/mol. The van der Waals surface area contributed by atoms with Gasteiger partial charge in [-0.3, -0.25) is 4.79 Å². The summed E-state index contributed by atoms with van der Waals surface area (Å²) in [5.41, 5.74) is 5.79. The minimum Gasteiger partial charge on any atom is -0.409 e. The van der Waals surface area contributed by atoms with Crippen LogP contribution >= 0.6 is 0 Å². The van der Waals surface area contributed by atoms with E-state index in [1.54, 1.807) is 4.90 Å². The van der Waals surface area contributed by atoms with E-state index in [4.69, 9.17) is 10.9 Å². The molecule has 0 spiro atoms. The molecule has 0 aromatic heterocycles. The Morgan fingerprint density at radius 3 is 2.43 bits per heavy atom. The second kappa shape index (κ2) is 4.89. The first-order valence-corrected chi connectivity index (χ1v) is 8.15. The lowest BCUT2D eigenvalue weighted by molar-refractivity contribution is -0.165. The first-order chi connectivity index (χ1) is 9.89. The van der Waals surface area contributed by atoms with Crippen LogP contribution in [0.4, 0.5) is 0 Å². The summed E-state index contributed by atoms with van der Waals surface area (Å²) < 4.78 is 0. The molecule has 4 aliphatic rings. The van der Waals surface area contributed by atoms with E-state index in [1.807, 2.05) is 6.92 Å². The van der Waals surface area contributed by atoms with Crippen LogP contribution in [-0.4, -0.2) is 34.9 Å². The molecular formula is C16H27N3O2. The summed E-state index contributed by atoms with van der Waals surface area (Å²) in [6, 6.07) is 0. The predicted octanol–water partition coefficient (Wildman–Crippen LogP) is 2.19. The molecule has 3 N–H and O–H groups in total. The number of likely N-dealkylation sites (N-methyl/N-ethyl adjacent to an activating group) is 1. The molecule has 5 nitrogen and oxygen atoms in total. The Balaban J connectivity index is 1.83. The topological polar surface area (TPSA) is 78.9 Å². The first-order valence-electron chi connectivity index (χ1n) is 8.15. The molecule has 0 aliphatic heterocycles. The molecule has 4 aliphatic carbocycles. The van der Waals surface area contributed by atoms with Gasteiger partial charge in [0.05, 0.1) is 12.0 Å². The second-order valence-corrected chi connectivity index (χ2v) is 7.96. The summed E-state index contributed by atoms with van der Waals surface area (Å²) in [5, 5.41) is 11.8. The number of nitrogens with zero attached hydrogens (tertiary/aromatic N) is 2. The van der Waals surface area contributed by atoms with E-state index < -0.39 is 0 Å². The van der Waals surface area contributed by atoms with E-state index in [-0.39, 0.29) is 23.7 Å². The van der Waals surface area contributed by atoms with Crippen molar-refractivity contribution in [2.24, 2.45) is 33.6 Å². The van der Waals surface area contributed by atoms with Crippen LogP contribution in [0, 0.1) is 22.7 Å². The third-order valence-corrected chi connectivity index (χ3v) is 5.96. The third kappa shape index (κ3) is 2.40. The number of rotatable bonds is 4. The largest absolute Gasteiger partial charge is 0.409 e. The molecule has 4 fully saturated rings. The highest BCUT2D eigenvalue weighted by Gasteiger charge is 2.59. The summed E-state index contributed by atoms with van der Waals surface area (Å²) in [5.74, 6) is 1.79. The Bertz CT molecular complexity index is 460. The van der Waals surface area contributed by atoms with Gasteiger partial charge in [0, 0.05) is 6.54 Å². The van der Waals surface area contributed by atoms with E-state index in [1.165, 1.54) is 19.3 Å². The van der Waals surface area contributed by atoms with Crippen molar-refractivity contribution in [2.75, 3.05) is 13.1 Å². The molecule has 0 saturated heterocycles. The van der Waals surface area contributed by atoms with Gasteiger partial charge in [0.25, 0.3) is 0 Å². The summed E-state index contributed by atoms with van der Waals surface area (Å²) in [6.07, 6.45) is 7.03. The molecule has 4 rings (SSSR count). The molecule has 0 aromatic rings. The lowest BCUT2D eigenvalue weighted by Gasteiger charge is -2.61. The molecular weight excluding hydrogens is 266 g/mol. The van der Waals surface area contributed by atoms with Crippen LogP contribution in [0.25, 0.3) is 0 Å². The maximum absolute atomic E-state index is 13.2. The van der Waals surface area contributed by atoms with Crippen molar-refractivity contribution in [2.45, 2.75) is 52.4 Å². The van der Waals surface area contributed by atoms with Crippen molar-refractivity contribution in [3.63, 3.8) is 0 Å². The van der Waals surface area contributed by atoms with Gasteiger partial charge in [0.2, 0.25) is 5.91 Å². The van der Waals surface area contributed by atoms with Crippen LogP contribution in [0.1, 0.15) is 52.4 Å². The van der Waals surface area contributed by atoms with Gasteiger partial charge in [-0.25, -0.2) is 0 Å². The van der Waals surface area contributed by atoms with Crippen molar-refractivity contribution in [3.05, 3.63) is 0 Å². The van der Waals surface area contributed by atoms with Gasteiger partial charge in [0.15, 0.2) is 5.84 Å². The fourth-order valence-corrected chi connectivity index (χ4v) is 5.86. The zero-order valence-electron chi connectivity index (χ0n) is 13.1. The Labute approximate surface area is 126 Å². The van der Waals surface area contributed by atoms with Gasteiger partial charge >= 0.3 is 0 Å². The summed E-state index contributed by atoms with van der Waals surface area (Å²) >= 11 is 0. The van der Waals surface area contributed by atoms with Crippen LogP contribution in [0.2, 0.25) is 0 Å². The molecule has 5 heteroatoms. The molecule has 2 atom stereocenters. The normalized spacial score (nSPS) is 41.3. The Kier molecular flexibility index (Phi) is 3.41. The monoisotopic (exact) mass is 293 g/mol. The lowest BCUT2D eigenvalue weighted by atomic mass is 9.44. The Morgan fingerprint density at radius 1 is 1.33 bits per heavy atom. The highest BCUT2D eigenvalue weighted by atomic mass is 16.4. The van der Waals surface area contributed by atoms with Crippen molar-refractivity contribution < 1.29 is 10.0 Å². The highest BCUT2D eigenvalue weighted by molar-refractivity contribution is 5.89. The molecule has 4 bridgehead atoms. The fourth-order valence-electron chi connectivity index (χ4n) is 5.86. The summed E-state index contributed by atoms with van der Waals surface area (Å²) in [7, 11) is 0. The zero-order valence-corrected chi connectivity index (χ0v) is 13.1. The standard InChI is InChI=1S/C16H27N3O2/c1-3-19(9-13(17)18-21)14(20)16-7-11-4-12(8-16)6-15(2,5-11)10-16/h11-12,21H,3-10H2,1-2H3,(H2,17,18). The van der Waals surface area contributed by atoms with Gasteiger partial charge in [-0.05, 0) is 62.7 Å². The van der Waals surface area contributed by atoms with E-state index in [9.17, 15) is 4.79 Å². The molecule has 118 valence electrons. The van der Waals surface area contributed by atoms with Crippen molar-refractivity contribution in [1.29, 1.82) is 0 Å². The molecule has 4 saturated carbocycles. The van der Waals surface area contributed by atoms with Gasteiger partial charge in [-0.1, -0.05) is 12.1 Å². The van der Waals surface area contributed by atoms with Gasteiger partial charge in [0.1, 0.15) is 0 Å². The van der Waals surface area contributed by atoms with Gasteiger partial charge in [-0.2, -0.15) is 0 Å². The Morgan fingerprint density at radius 2 is 1.95 bits per heavy atom. The number of carbonyl (C=O) groups is 1. The molecule has 0 heterocycles. The molecule has 0 radical (unpaired) electrons. The number of hydrogen-bond donors (Lipinski definition) is 2. The Hall–Kier alpha value is -1.26. The molecule has 21 heavy (non-hydrogen) atoms. The SMILES string of the molecule is CCN(CC(N)=NO)C(=O)C12CC3CC(CC(C)(C3)C1)C2. The van der Waals surface area contributed by atoms with Crippen LogP contribution < -0.4 is 5.73 Å². The molecule has 0 aromatic carbocycles. The molecule has 2 unspecified atom stereocenters. The lowest BCUT2D eigenvalue weighted by Crippen LogP contribution is -2.58. The van der Waals surface area contributed by atoms with E-state index in [0.29, 0.717) is 12.0 Å². The van der Waals surface area contributed by atoms with Crippen LogP contribution in [-0.2, 0) is 4.79 Å². The quantitative estimate of drug-likeness (QED) is 0.361. The maximum Gasteiger partial charge on any atom is 0.229 e. The van der Waals surface area contributed by atoms with Crippen molar-refractivity contribution >= 4 is 11.7 Å². The highest BCUT2D eigenvalue weighted by Crippen LogP contribution is 2.65. The number of oxime groups is 1. The molecule has 1 amide bonds. The van der Waals surface area contributed by atoms with Crippen molar-refractivity contribution in [1.82, 2.24) is 4.90 Å². The number of amidine groups is 1. The van der Waals surface area contributed by atoms with E-state index in [0.717, 1.165) is 31.1 Å². The zero-order chi connectivity index (χ0) is 15.3. The number of hydrogen-bond acceptors (Lipinski definition) is 3. The van der Waals surface area contributed by atoms with Crippen LogP contribution in [0.5, 0.6) is 0 Å². The van der Waals surface area contributed by atoms with E-state index >= 15 is 0 Å². The predicted molar refractivity (Wildman–Crippen MR) is 80.9 cm³/mol. The second-order valence-electron chi connectivity index (χ2n) is 7.96. The van der Waals surface area contributed by atoms with Crippen LogP contribution in [0.3, 0.4) is 0 Å². The third-order valence-electron chi connectivity index (χ3n) is 5.96. The van der Waals surface area contributed by atoms with Gasteiger partial charge in [-0.15, -0.1) is 0 Å². The first kappa shape index (κ1) is 14.7. The number of nitrogens with two attached hydrogens (primary N) is 1. The summed E-state index contributed by atoms with van der Waals surface area (Å²) in [4.78, 5) is 14.9. The average Bonchev–Trinajstić information content (AvgIpc) is 2.41. The minimum absolute atomic E-state index is 0.112. The van der Waals surface area contributed by atoms with Gasteiger partial charge < -0.3 is 15.8 Å². The smallest absolute Gasteiger partial charge is 0.229 e. The van der Waals surface area contributed by atoms with Crippen molar-refractivity contribution in [3.8, 4) is 0 Å².